The third kappa shape index (κ3) is 3.07. The second-order valence-corrected chi connectivity index (χ2v) is 7.43. The molecule has 0 bridgehead atoms. The molecule has 1 aliphatic rings. The number of rotatable bonds is 3. The Morgan fingerprint density at radius 2 is 1.96 bits per heavy atom. The number of pyridine rings is 1. The third-order valence-corrected chi connectivity index (χ3v) is 5.50. The van der Waals surface area contributed by atoms with Crippen molar-refractivity contribution in [3.05, 3.63) is 48.7 Å². The van der Waals surface area contributed by atoms with E-state index in [2.05, 4.69) is 20.3 Å². The van der Waals surface area contributed by atoms with Gasteiger partial charge in [-0.15, -0.1) is 0 Å². The molecule has 0 saturated heterocycles. The summed E-state index contributed by atoms with van der Waals surface area (Å²) in [4.78, 5) is 16.8. The Morgan fingerprint density at radius 1 is 1.07 bits per heavy atom. The minimum atomic E-state index is -0.269. The maximum Gasteiger partial charge on any atom is 0.223 e. The summed E-state index contributed by atoms with van der Waals surface area (Å²) in [5.41, 5.74) is 9.49. The maximum absolute atomic E-state index is 13.5. The number of anilines is 1. The predicted molar refractivity (Wildman–Crippen MR) is 108 cm³/mol. The summed E-state index contributed by atoms with van der Waals surface area (Å²) in [6.07, 6.45) is 9.68. The fraction of sp³-hybridized carbons (Fsp3) is 0.286. The van der Waals surface area contributed by atoms with Gasteiger partial charge in [0.05, 0.1) is 11.2 Å². The quantitative estimate of drug-likeness (QED) is 0.503. The summed E-state index contributed by atoms with van der Waals surface area (Å²) < 4.78 is 13.5. The van der Waals surface area contributed by atoms with Gasteiger partial charge < -0.3 is 16.0 Å². The highest BCUT2D eigenvalue weighted by Gasteiger charge is 2.22. The van der Waals surface area contributed by atoms with Gasteiger partial charge in [-0.2, -0.15) is 0 Å². The molecule has 0 radical (unpaired) electrons. The number of aromatic nitrogens is 4. The molecule has 0 amide bonds. The van der Waals surface area contributed by atoms with Crippen LogP contribution in [0.25, 0.3) is 33.1 Å². The van der Waals surface area contributed by atoms with Gasteiger partial charge in [0.25, 0.3) is 0 Å². The van der Waals surface area contributed by atoms with Crippen molar-refractivity contribution in [1.29, 1.82) is 0 Å². The second kappa shape index (κ2) is 6.83. The lowest BCUT2D eigenvalue weighted by atomic mass is 9.91. The molecule has 7 heteroatoms. The molecule has 1 saturated carbocycles. The summed E-state index contributed by atoms with van der Waals surface area (Å²) in [6, 6.07) is 7.00. The van der Waals surface area contributed by atoms with E-state index in [0.717, 1.165) is 45.9 Å². The lowest BCUT2D eigenvalue weighted by molar-refractivity contribution is 0.402. The Kier molecular flexibility index (Phi) is 4.16. The van der Waals surface area contributed by atoms with Gasteiger partial charge in [-0.25, -0.2) is 14.4 Å². The van der Waals surface area contributed by atoms with E-state index in [1.807, 2.05) is 6.07 Å². The monoisotopic (exact) mass is 376 g/mol. The van der Waals surface area contributed by atoms with E-state index in [0.29, 0.717) is 5.95 Å². The van der Waals surface area contributed by atoms with Crippen LogP contribution < -0.4 is 11.1 Å². The molecule has 1 fully saturated rings. The van der Waals surface area contributed by atoms with Crippen LogP contribution in [0, 0.1) is 5.82 Å². The molecule has 4 N–H and O–H groups in total. The van der Waals surface area contributed by atoms with Crippen LogP contribution in [0.15, 0.2) is 42.9 Å². The topological polar surface area (TPSA) is 92.5 Å². The van der Waals surface area contributed by atoms with Crippen LogP contribution in [0.4, 0.5) is 10.3 Å². The van der Waals surface area contributed by atoms with E-state index in [4.69, 9.17) is 10.7 Å². The Morgan fingerprint density at radius 3 is 2.86 bits per heavy atom. The molecule has 3 heterocycles. The van der Waals surface area contributed by atoms with Crippen molar-refractivity contribution in [1.82, 2.24) is 19.9 Å². The normalized spacial score (nSPS) is 19.9. The van der Waals surface area contributed by atoms with Gasteiger partial charge in [-0.05, 0) is 37.1 Å². The van der Waals surface area contributed by atoms with Gasteiger partial charge in [-0.1, -0.05) is 12.8 Å². The highest BCUT2D eigenvalue weighted by Crippen LogP contribution is 2.29. The highest BCUT2D eigenvalue weighted by atomic mass is 19.1. The standard InChI is InChI=1S/C21H21FN6/c22-14-6-5-12-7-19(26-18(12)8-14)15-11-24-9-13-10-25-21(28-20(13)15)27-17-4-2-1-3-16(17)23/h5-11,16-17,26H,1-4,23H2,(H,25,27,28)/t16-,17+/m0/s1. The molecule has 1 aromatic carbocycles. The third-order valence-electron chi connectivity index (χ3n) is 5.50. The highest BCUT2D eigenvalue weighted by molar-refractivity contribution is 5.95. The number of benzene rings is 1. The molecule has 142 valence electrons. The average Bonchev–Trinajstić information content (AvgIpc) is 3.12. The number of nitrogens with one attached hydrogen (secondary N) is 2. The lowest BCUT2D eigenvalue weighted by Gasteiger charge is -2.29. The van der Waals surface area contributed by atoms with Crippen molar-refractivity contribution in [2.45, 2.75) is 37.8 Å². The Bertz CT molecular complexity index is 1150. The molecule has 6 nitrogen and oxygen atoms in total. The molecule has 2 atom stereocenters. The number of aromatic amines is 1. The van der Waals surface area contributed by atoms with Gasteiger partial charge in [-0.3, -0.25) is 4.98 Å². The van der Waals surface area contributed by atoms with Crippen LogP contribution >= 0.6 is 0 Å². The molecule has 4 aromatic rings. The van der Waals surface area contributed by atoms with Crippen LogP contribution in [0.2, 0.25) is 0 Å². The SMILES string of the molecule is N[C@H]1CCCC[C@H]1Nc1ncc2cncc(-c3cc4ccc(F)cc4[nH]3)c2n1. The predicted octanol–water partition coefficient (Wildman–Crippen LogP) is 3.99. The largest absolute Gasteiger partial charge is 0.354 e. The number of fused-ring (bicyclic) bond motifs is 2. The van der Waals surface area contributed by atoms with E-state index in [-0.39, 0.29) is 17.9 Å². The Labute approximate surface area is 161 Å². The molecule has 5 rings (SSSR count). The van der Waals surface area contributed by atoms with Crippen LogP contribution in [-0.4, -0.2) is 32.0 Å². The van der Waals surface area contributed by atoms with Crippen molar-refractivity contribution < 1.29 is 4.39 Å². The van der Waals surface area contributed by atoms with Crippen LogP contribution in [0.5, 0.6) is 0 Å². The zero-order valence-corrected chi connectivity index (χ0v) is 15.3. The fourth-order valence-electron chi connectivity index (χ4n) is 3.97. The molecule has 1 aliphatic carbocycles. The van der Waals surface area contributed by atoms with E-state index in [9.17, 15) is 4.39 Å². The van der Waals surface area contributed by atoms with Crippen molar-refractivity contribution in [3.63, 3.8) is 0 Å². The van der Waals surface area contributed by atoms with Gasteiger partial charge in [0.1, 0.15) is 5.82 Å². The Balaban J connectivity index is 1.56. The van der Waals surface area contributed by atoms with E-state index < -0.39 is 0 Å². The molecule has 0 aliphatic heterocycles. The number of nitrogens with two attached hydrogens (primary N) is 1. The van der Waals surface area contributed by atoms with Crippen molar-refractivity contribution in [2.75, 3.05) is 5.32 Å². The molecular weight excluding hydrogens is 355 g/mol. The number of H-pyrrole nitrogens is 1. The number of halogens is 1. The summed E-state index contributed by atoms with van der Waals surface area (Å²) in [5.74, 6) is 0.305. The van der Waals surface area contributed by atoms with Crippen LogP contribution in [0.1, 0.15) is 25.7 Å². The van der Waals surface area contributed by atoms with Crippen molar-refractivity contribution >= 4 is 27.8 Å². The van der Waals surface area contributed by atoms with Gasteiger partial charge in [0.2, 0.25) is 5.95 Å². The fourth-order valence-corrected chi connectivity index (χ4v) is 3.97. The van der Waals surface area contributed by atoms with Crippen molar-refractivity contribution in [3.8, 4) is 11.3 Å². The zero-order chi connectivity index (χ0) is 19.1. The summed E-state index contributed by atoms with van der Waals surface area (Å²) in [5, 5.41) is 5.19. The molecular formula is C21H21FN6. The van der Waals surface area contributed by atoms with Crippen LogP contribution in [0.3, 0.4) is 0 Å². The first-order valence-corrected chi connectivity index (χ1v) is 9.59. The smallest absolute Gasteiger partial charge is 0.223 e. The summed E-state index contributed by atoms with van der Waals surface area (Å²) in [6.45, 7) is 0. The second-order valence-electron chi connectivity index (χ2n) is 7.43. The minimum absolute atomic E-state index is 0.119. The van der Waals surface area contributed by atoms with Crippen LogP contribution in [-0.2, 0) is 0 Å². The van der Waals surface area contributed by atoms with E-state index in [1.165, 1.54) is 25.0 Å². The number of hydrogen-bond donors (Lipinski definition) is 3. The number of nitrogens with zero attached hydrogens (tertiary/aromatic N) is 3. The molecule has 0 unspecified atom stereocenters. The lowest BCUT2D eigenvalue weighted by Crippen LogP contribution is -2.42. The van der Waals surface area contributed by atoms with Crippen molar-refractivity contribution in [2.24, 2.45) is 5.73 Å². The maximum atomic E-state index is 13.5. The summed E-state index contributed by atoms with van der Waals surface area (Å²) >= 11 is 0. The minimum Gasteiger partial charge on any atom is -0.354 e. The summed E-state index contributed by atoms with van der Waals surface area (Å²) in [7, 11) is 0. The van der Waals surface area contributed by atoms with Gasteiger partial charge in [0.15, 0.2) is 0 Å². The first-order valence-electron chi connectivity index (χ1n) is 9.59. The molecule has 0 spiro atoms. The van der Waals surface area contributed by atoms with Gasteiger partial charge >= 0.3 is 0 Å². The van der Waals surface area contributed by atoms with Gasteiger partial charge in [0, 0.05) is 52.5 Å². The molecule has 3 aromatic heterocycles. The average molecular weight is 376 g/mol. The first kappa shape index (κ1) is 17.1. The first-order chi connectivity index (χ1) is 13.7. The number of hydrogen-bond acceptors (Lipinski definition) is 5. The van der Waals surface area contributed by atoms with E-state index in [1.54, 1.807) is 24.7 Å². The molecule has 28 heavy (non-hydrogen) atoms. The Hall–Kier alpha value is -3.06. The van der Waals surface area contributed by atoms with E-state index >= 15 is 0 Å². The zero-order valence-electron chi connectivity index (χ0n) is 15.3.